The van der Waals surface area contributed by atoms with E-state index in [1.165, 1.54) is 0 Å². The molecule has 0 heterocycles. The van der Waals surface area contributed by atoms with Crippen LogP contribution >= 0.6 is 0 Å². The van der Waals surface area contributed by atoms with Crippen molar-refractivity contribution in [3.8, 4) is 0 Å². The van der Waals surface area contributed by atoms with Crippen LogP contribution in [0.4, 0.5) is 0 Å². The Balaban J connectivity index is 3.54. The maximum atomic E-state index is 5.36. The van der Waals surface area contributed by atoms with E-state index in [-0.39, 0.29) is 0 Å². The van der Waals surface area contributed by atoms with Crippen molar-refractivity contribution in [1.29, 1.82) is 0 Å². The first kappa shape index (κ1) is 15.0. The average Bonchev–Trinajstić information content (AvgIpc) is 2.29. The van der Waals surface area contributed by atoms with Crippen molar-refractivity contribution in [1.82, 2.24) is 5.32 Å². The van der Waals surface area contributed by atoms with Gasteiger partial charge >= 0.3 is 0 Å². The second kappa shape index (κ2) is 9.26. The van der Waals surface area contributed by atoms with Crippen molar-refractivity contribution in [2.75, 3.05) is 41.0 Å². The third kappa shape index (κ3) is 6.24. The summed E-state index contributed by atoms with van der Waals surface area (Å²) < 4.78 is 15.7. The fourth-order valence-electron chi connectivity index (χ4n) is 1.37. The second-order valence-electron chi connectivity index (χ2n) is 3.29. The van der Waals surface area contributed by atoms with Crippen molar-refractivity contribution in [2.24, 2.45) is 5.73 Å². The molecule has 0 rings (SSSR count). The molecule has 0 unspecified atom stereocenters. The normalized spacial score (nSPS) is 12.8. The van der Waals surface area contributed by atoms with Crippen LogP contribution in [-0.2, 0) is 14.2 Å². The molecule has 0 aromatic carbocycles. The summed E-state index contributed by atoms with van der Waals surface area (Å²) in [5.74, 6) is 0. The van der Waals surface area contributed by atoms with Crippen LogP contribution in [0.3, 0.4) is 0 Å². The molecule has 3 N–H and O–H groups in total. The molecular formula is C9H24N2O3Si. The molecule has 0 atom stereocenters. The van der Waals surface area contributed by atoms with Gasteiger partial charge in [0, 0.05) is 34.4 Å². The van der Waals surface area contributed by atoms with E-state index in [0.717, 1.165) is 25.6 Å². The number of hydrogen-bond acceptors (Lipinski definition) is 5. The summed E-state index contributed by atoms with van der Waals surface area (Å²) in [5, 5.41) is 3.25. The molecule has 0 aromatic rings. The Labute approximate surface area is 94.5 Å². The lowest BCUT2D eigenvalue weighted by Gasteiger charge is -2.28. The summed E-state index contributed by atoms with van der Waals surface area (Å²) in [7, 11) is 4.30. The van der Waals surface area contributed by atoms with Gasteiger partial charge in [0.2, 0.25) is 5.60 Å². The number of methoxy groups -OCH3 is 3. The molecule has 92 valence electrons. The monoisotopic (exact) mass is 236 g/mol. The van der Waals surface area contributed by atoms with Crippen LogP contribution in [0.15, 0.2) is 0 Å². The van der Waals surface area contributed by atoms with Gasteiger partial charge in [-0.1, -0.05) is 6.04 Å². The van der Waals surface area contributed by atoms with Crippen molar-refractivity contribution >= 4 is 9.52 Å². The van der Waals surface area contributed by atoms with Gasteiger partial charge in [-0.15, -0.1) is 0 Å². The molecule has 0 saturated heterocycles. The lowest BCUT2D eigenvalue weighted by Crippen LogP contribution is -2.42. The van der Waals surface area contributed by atoms with Crippen LogP contribution < -0.4 is 11.1 Å². The summed E-state index contributed by atoms with van der Waals surface area (Å²) >= 11 is 0. The van der Waals surface area contributed by atoms with E-state index in [1.54, 1.807) is 21.3 Å². The molecule has 0 amide bonds. The molecular weight excluding hydrogens is 212 g/mol. The minimum absolute atomic E-state index is 0.554. The summed E-state index contributed by atoms with van der Waals surface area (Å²) in [4.78, 5) is 0. The van der Waals surface area contributed by atoms with Crippen molar-refractivity contribution in [2.45, 2.75) is 18.1 Å². The Morgan fingerprint density at radius 3 is 2.20 bits per heavy atom. The van der Waals surface area contributed by atoms with Crippen molar-refractivity contribution in [3.05, 3.63) is 0 Å². The fourth-order valence-corrected chi connectivity index (χ4v) is 2.92. The van der Waals surface area contributed by atoms with E-state index in [4.69, 9.17) is 19.9 Å². The predicted octanol–water partition coefficient (Wildman–Crippen LogP) is -0.938. The lowest BCUT2D eigenvalue weighted by molar-refractivity contribution is -0.294. The van der Waals surface area contributed by atoms with Gasteiger partial charge in [-0.3, -0.25) is 0 Å². The predicted molar refractivity (Wildman–Crippen MR) is 63.7 cm³/mol. The first-order valence-corrected chi connectivity index (χ1v) is 7.01. The zero-order valence-corrected chi connectivity index (χ0v) is 11.5. The second-order valence-corrected chi connectivity index (χ2v) is 5.36. The van der Waals surface area contributed by atoms with Gasteiger partial charge in [0.1, 0.15) is 9.52 Å². The van der Waals surface area contributed by atoms with Crippen LogP contribution in [0.1, 0.15) is 6.42 Å². The van der Waals surface area contributed by atoms with Gasteiger partial charge in [-0.05, 0) is 13.0 Å². The molecule has 0 aliphatic carbocycles. The maximum Gasteiger partial charge on any atom is 0.248 e. The van der Waals surface area contributed by atoms with Gasteiger partial charge in [0.25, 0.3) is 0 Å². The molecule has 0 radical (unpaired) electrons. The van der Waals surface area contributed by atoms with Crippen LogP contribution in [0, 0.1) is 0 Å². The average molecular weight is 236 g/mol. The van der Waals surface area contributed by atoms with Crippen LogP contribution in [-0.4, -0.2) is 56.1 Å². The fraction of sp³-hybridized carbons (Fsp3) is 1.00. The molecule has 5 nitrogen and oxygen atoms in total. The number of ether oxygens (including phenoxy) is 3. The minimum Gasteiger partial charge on any atom is -0.335 e. The van der Waals surface area contributed by atoms with Gasteiger partial charge in [0.05, 0.1) is 0 Å². The van der Waals surface area contributed by atoms with Crippen molar-refractivity contribution < 1.29 is 14.2 Å². The zero-order chi connectivity index (χ0) is 11.6. The molecule has 0 saturated carbocycles. The number of rotatable bonds is 10. The maximum absolute atomic E-state index is 5.36. The van der Waals surface area contributed by atoms with Gasteiger partial charge < -0.3 is 25.3 Å². The summed E-state index contributed by atoms with van der Waals surface area (Å²) in [6.45, 7) is 2.57. The Morgan fingerprint density at radius 1 is 1.13 bits per heavy atom. The first-order chi connectivity index (χ1) is 7.24. The highest BCUT2D eigenvalue weighted by Gasteiger charge is 2.28. The van der Waals surface area contributed by atoms with E-state index < -0.39 is 15.1 Å². The Morgan fingerprint density at radius 2 is 1.73 bits per heavy atom. The van der Waals surface area contributed by atoms with E-state index in [0.29, 0.717) is 6.54 Å². The van der Waals surface area contributed by atoms with E-state index in [9.17, 15) is 0 Å². The summed E-state index contributed by atoms with van der Waals surface area (Å²) in [5.41, 5.74) is 4.62. The van der Waals surface area contributed by atoms with Gasteiger partial charge in [-0.25, -0.2) is 0 Å². The highest BCUT2D eigenvalue weighted by Crippen LogP contribution is 2.12. The van der Waals surface area contributed by atoms with Gasteiger partial charge in [-0.2, -0.15) is 0 Å². The Hall–Kier alpha value is 0.0169. The highest BCUT2D eigenvalue weighted by molar-refractivity contribution is 6.38. The molecule has 0 fully saturated rings. The molecule has 0 bridgehead atoms. The molecule has 0 aliphatic rings. The van der Waals surface area contributed by atoms with E-state index >= 15 is 0 Å². The van der Waals surface area contributed by atoms with E-state index in [2.05, 4.69) is 5.32 Å². The topological polar surface area (TPSA) is 65.7 Å². The smallest absolute Gasteiger partial charge is 0.248 e. The van der Waals surface area contributed by atoms with Crippen LogP contribution in [0.2, 0.25) is 6.04 Å². The third-order valence-electron chi connectivity index (χ3n) is 2.34. The molecule has 0 spiro atoms. The lowest BCUT2D eigenvalue weighted by atomic mass is 10.5. The standard InChI is InChI=1S/C9H24N2O3Si/c1-12-9(13-2,14-3)15-8-4-6-11-7-5-10/h11H,4-8,10,15H2,1-3H3. The first-order valence-electron chi connectivity index (χ1n) is 5.31. The largest absolute Gasteiger partial charge is 0.335 e. The highest BCUT2D eigenvalue weighted by atomic mass is 28.2. The molecule has 0 aromatic heterocycles. The minimum atomic E-state index is -0.742. The third-order valence-corrected chi connectivity index (χ3v) is 4.67. The van der Waals surface area contributed by atoms with Gasteiger partial charge in [0.15, 0.2) is 0 Å². The van der Waals surface area contributed by atoms with Crippen LogP contribution in [0.5, 0.6) is 0 Å². The number of nitrogens with one attached hydrogen (secondary N) is 1. The SMILES string of the molecule is COC(OC)(OC)[SiH2]CCCNCCN. The molecule has 0 aliphatic heterocycles. The van der Waals surface area contributed by atoms with E-state index in [1.807, 2.05) is 0 Å². The zero-order valence-electron chi connectivity index (χ0n) is 10.0. The number of nitrogens with two attached hydrogens (primary N) is 1. The summed E-state index contributed by atoms with van der Waals surface area (Å²) in [6, 6.07) is 1.12. The van der Waals surface area contributed by atoms with Crippen molar-refractivity contribution in [3.63, 3.8) is 0 Å². The Kier molecular flexibility index (Phi) is 9.27. The molecule has 15 heavy (non-hydrogen) atoms. The number of hydrogen-bond donors (Lipinski definition) is 2. The van der Waals surface area contributed by atoms with Crippen LogP contribution in [0.25, 0.3) is 0 Å². The summed E-state index contributed by atoms with van der Waals surface area (Å²) in [6.07, 6.45) is 1.12. The quantitative estimate of drug-likeness (QED) is 0.291. The Bertz CT molecular complexity index is 137. The molecule has 6 heteroatoms.